The Balaban J connectivity index is 1.74. The normalized spacial score (nSPS) is 20.3. The molecule has 8 nitrogen and oxygen atoms in total. The molecule has 2 aromatic rings. The highest BCUT2D eigenvalue weighted by atomic mass is 16.7. The quantitative estimate of drug-likeness (QED) is 0.714. The van der Waals surface area contributed by atoms with Gasteiger partial charge in [-0.25, -0.2) is 4.79 Å². The fraction of sp³-hybridized carbons (Fsp3) is 0.273. The lowest BCUT2D eigenvalue weighted by molar-refractivity contribution is -0.147. The average molecular weight is 410 g/mol. The molecule has 0 spiro atoms. The number of hydrogen-bond acceptors (Lipinski definition) is 8. The topological polar surface area (TPSA) is 89.5 Å². The van der Waals surface area contributed by atoms with Crippen molar-refractivity contribution >= 4 is 18.0 Å². The SMILES string of the molecule is COC(=O)C1=Cc2cc3c(cc2C(c2ccc4c(c2)OCO4)C1C(=O)OC)OCO3. The highest BCUT2D eigenvalue weighted by Gasteiger charge is 2.43. The van der Waals surface area contributed by atoms with Gasteiger partial charge in [0.25, 0.3) is 0 Å². The van der Waals surface area contributed by atoms with Crippen molar-refractivity contribution in [2.45, 2.75) is 5.92 Å². The zero-order chi connectivity index (χ0) is 20.8. The maximum atomic E-state index is 12.9. The first-order valence-corrected chi connectivity index (χ1v) is 9.31. The van der Waals surface area contributed by atoms with Crippen LogP contribution in [0.1, 0.15) is 22.6 Å². The van der Waals surface area contributed by atoms with Gasteiger partial charge in [-0.15, -0.1) is 0 Å². The fourth-order valence-electron chi connectivity index (χ4n) is 4.16. The molecular weight excluding hydrogens is 392 g/mol. The second-order valence-corrected chi connectivity index (χ2v) is 7.02. The van der Waals surface area contributed by atoms with Crippen LogP contribution in [0.15, 0.2) is 35.9 Å². The van der Waals surface area contributed by atoms with Crippen LogP contribution in [0.2, 0.25) is 0 Å². The molecular formula is C22H18O8. The van der Waals surface area contributed by atoms with Crippen LogP contribution in [0.3, 0.4) is 0 Å². The van der Waals surface area contributed by atoms with Gasteiger partial charge in [-0.05, 0) is 47.0 Å². The van der Waals surface area contributed by atoms with E-state index in [1.54, 1.807) is 18.2 Å². The number of ether oxygens (including phenoxy) is 6. The Labute approximate surface area is 171 Å². The molecule has 0 fully saturated rings. The number of benzene rings is 2. The number of rotatable bonds is 3. The number of hydrogen-bond donors (Lipinski definition) is 0. The van der Waals surface area contributed by atoms with Gasteiger partial charge in [-0.1, -0.05) is 6.07 Å². The van der Waals surface area contributed by atoms with Crippen LogP contribution < -0.4 is 18.9 Å². The van der Waals surface area contributed by atoms with Gasteiger partial charge in [0.1, 0.15) is 0 Å². The Hall–Kier alpha value is -3.68. The van der Waals surface area contributed by atoms with Crippen molar-refractivity contribution in [1.82, 2.24) is 0 Å². The van der Waals surface area contributed by atoms with Crippen LogP contribution in [-0.4, -0.2) is 39.7 Å². The lowest BCUT2D eigenvalue weighted by Crippen LogP contribution is -2.32. The van der Waals surface area contributed by atoms with Gasteiger partial charge in [0, 0.05) is 5.92 Å². The number of fused-ring (bicyclic) bond motifs is 3. The van der Waals surface area contributed by atoms with E-state index in [0.717, 1.165) is 16.7 Å². The summed E-state index contributed by atoms with van der Waals surface area (Å²) in [4.78, 5) is 25.5. The summed E-state index contributed by atoms with van der Waals surface area (Å²) in [6.45, 7) is 0.243. The third kappa shape index (κ3) is 2.75. The van der Waals surface area contributed by atoms with Crippen molar-refractivity contribution in [1.29, 1.82) is 0 Å². The minimum Gasteiger partial charge on any atom is -0.469 e. The predicted molar refractivity (Wildman–Crippen MR) is 102 cm³/mol. The highest BCUT2D eigenvalue weighted by molar-refractivity contribution is 6.02. The van der Waals surface area contributed by atoms with Gasteiger partial charge in [0.05, 0.1) is 25.7 Å². The lowest BCUT2D eigenvalue weighted by Gasteiger charge is -2.32. The molecule has 0 saturated carbocycles. The van der Waals surface area contributed by atoms with E-state index in [-0.39, 0.29) is 19.2 Å². The second kappa shape index (κ2) is 6.98. The summed E-state index contributed by atoms with van der Waals surface area (Å²) in [5.74, 6) is -0.220. The van der Waals surface area contributed by atoms with Crippen LogP contribution in [0.5, 0.6) is 23.0 Å². The van der Waals surface area contributed by atoms with E-state index >= 15 is 0 Å². The zero-order valence-electron chi connectivity index (χ0n) is 16.3. The minimum atomic E-state index is -0.907. The van der Waals surface area contributed by atoms with Crippen LogP contribution in [0, 0.1) is 5.92 Å². The van der Waals surface area contributed by atoms with Gasteiger partial charge in [0.15, 0.2) is 23.0 Å². The Morgan fingerprint density at radius 2 is 1.53 bits per heavy atom. The van der Waals surface area contributed by atoms with Gasteiger partial charge in [-0.3, -0.25) is 4.79 Å². The fourth-order valence-corrected chi connectivity index (χ4v) is 4.16. The van der Waals surface area contributed by atoms with Gasteiger partial charge in [0.2, 0.25) is 13.6 Å². The number of carbonyl (C=O) groups is 2. The standard InChI is InChI=1S/C22H18O8/c1-25-21(23)14-5-12-7-17-18(30-10-29-17)8-13(12)19(20(14)22(24)26-2)11-3-4-15-16(6-11)28-9-27-15/h3-8,19-20H,9-10H2,1-2H3. The van der Waals surface area contributed by atoms with E-state index in [9.17, 15) is 9.59 Å². The molecule has 0 saturated heterocycles. The second-order valence-electron chi connectivity index (χ2n) is 7.02. The molecule has 0 bridgehead atoms. The Morgan fingerprint density at radius 1 is 0.867 bits per heavy atom. The van der Waals surface area contributed by atoms with Gasteiger partial charge >= 0.3 is 11.9 Å². The third-order valence-corrected chi connectivity index (χ3v) is 5.52. The van der Waals surface area contributed by atoms with E-state index in [1.807, 2.05) is 18.2 Å². The van der Waals surface area contributed by atoms with Crippen molar-refractivity contribution in [3.63, 3.8) is 0 Å². The molecule has 3 aliphatic rings. The molecule has 30 heavy (non-hydrogen) atoms. The molecule has 0 radical (unpaired) electrons. The molecule has 2 aromatic carbocycles. The van der Waals surface area contributed by atoms with Crippen molar-refractivity contribution in [3.05, 3.63) is 52.6 Å². The molecule has 8 heteroatoms. The van der Waals surface area contributed by atoms with E-state index in [2.05, 4.69) is 0 Å². The van der Waals surface area contributed by atoms with E-state index < -0.39 is 23.8 Å². The highest BCUT2D eigenvalue weighted by Crippen LogP contribution is 2.49. The van der Waals surface area contributed by atoms with Crippen molar-refractivity contribution in [2.24, 2.45) is 5.92 Å². The Bertz CT molecular complexity index is 1090. The minimum absolute atomic E-state index is 0.112. The van der Waals surface area contributed by atoms with Crippen molar-refractivity contribution in [3.8, 4) is 23.0 Å². The summed E-state index contributed by atoms with van der Waals surface area (Å²) in [7, 11) is 2.57. The van der Waals surface area contributed by atoms with E-state index in [1.165, 1.54) is 14.2 Å². The number of methoxy groups -OCH3 is 2. The van der Waals surface area contributed by atoms with Crippen LogP contribution in [-0.2, 0) is 19.1 Å². The first-order valence-electron chi connectivity index (χ1n) is 9.31. The lowest BCUT2D eigenvalue weighted by atomic mass is 9.71. The summed E-state index contributed by atoms with van der Waals surface area (Å²) in [6, 6.07) is 9.09. The molecule has 2 atom stereocenters. The van der Waals surface area contributed by atoms with Gasteiger partial charge in [-0.2, -0.15) is 0 Å². The molecule has 2 unspecified atom stereocenters. The van der Waals surface area contributed by atoms with E-state index in [0.29, 0.717) is 23.0 Å². The predicted octanol–water partition coefficient (Wildman–Crippen LogP) is 2.64. The summed E-state index contributed by atoms with van der Waals surface area (Å²) in [5, 5.41) is 0. The molecule has 1 aliphatic carbocycles. The van der Waals surface area contributed by atoms with Crippen molar-refractivity contribution < 1.29 is 38.0 Å². The average Bonchev–Trinajstić information content (AvgIpc) is 3.43. The molecule has 2 aliphatic heterocycles. The van der Waals surface area contributed by atoms with Crippen molar-refractivity contribution in [2.75, 3.05) is 27.8 Å². The maximum Gasteiger partial charge on any atom is 0.334 e. The first kappa shape index (κ1) is 18.4. The third-order valence-electron chi connectivity index (χ3n) is 5.52. The molecule has 0 amide bonds. The molecule has 5 rings (SSSR count). The van der Waals surface area contributed by atoms with Crippen LogP contribution in [0.4, 0.5) is 0 Å². The Morgan fingerprint density at radius 3 is 2.23 bits per heavy atom. The summed E-state index contributed by atoms with van der Waals surface area (Å²) in [6.07, 6.45) is 1.65. The summed E-state index contributed by atoms with van der Waals surface area (Å²) in [5.41, 5.74) is 2.52. The molecule has 0 aromatic heterocycles. The smallest absolute Gasteiger partial charge is 0.334 e. The largest absolute Gasteiger partial charge is 0.469 e. The maximum absolute atomic E-state index is 12.9. The number of carbonyl (C=O) groups excluding carboxylic acids is 2. The number of esters is 2. The Kier molecular flexibility index (Phi) is 4.27. The van der Waals surface area contributed by atoms with Gasteiger partial charge < -0.3 is 28.4 Å². The zero-order valence-corrected chi connectivity index (χ0v) is 16.3. The van der Waals surface area contributed by atoms with Crippen LogP contribution >= 0.6 is 0 Å². The summed E-state index contributed by atoms with van der Waals surface area (Å²) >= 11 is 0. The van der Waals surface area contributed by atoms with Crippen LogP contribution in [0.25, 0.3) is 6.08 Å². The molecule has 2 heterocycles. The molecule has 154 valence electrons. The van der Waals surface area contributed by atoms with E-state index in [4.69, 9.17) is 28.4 Å². The molecule has 0 N–H and O–H groups in total. The first-order chi connectivity index (χ1) is 14.6. The monoisotopic (exact) mass is 410 g/mol. The summed E-state index contributed by atoms with van der Waals surface area (Å²) < 4.78 is 32.0.